The van der Waals surface area contributed by atoms with Crippen molar-refractivity contribution in [3.8, 4) is 5.88 Å². The van der Waals surface area contributed by atoms with Crippen molar-refractivity contribution < 1.29 is 14.3 Å². The van der Waals surface area contributed by atoms with E-state index in [1.807, 2.05) is 0 Å². The van der Waals surface area contributed by atoms with Crippen LogP contribution >= 0.6 is 22.9 Å². The molecule has 0 aliphatic heterocycles. The number of rotatable bonds is 6. The molecule has 0 radical (unpaired) electrons. The minimum Gasteiger partial charge on any atom is -0.475 e. The number of hydrogen-bond donors (Lipinski definition) is 1. The van der Waals surface area contributed by atoms with E-state index in [1.165, 1.54) is 6.20 Å². The number of nitrogens with zero attached hydrogens (tertiary/aromatic N) is 3. The molecule has 1 amide bonds. The van der Waals surface area contributed by atoms with Gasteiger partial charge in [0.25, 0.3) is 5.91 Å². The smallest absolute Gasteiger partial charge is 0.286 e. The predicted molar refractivity (Wildman–Crippen MR) is 74.5 cm³/mol. The first-order chi connectivity index (χ1) is 9.69. The highest BCUT2D eigenvalue weighted by molar-refractivity contribution is 7.17. The quantitative estimate of drug-likeness (QED) is 0.819. The molecule has 2 rings (SSSR count). The summed E-state index contributed by atoms with van der Waals surface area (Å²) in [5.74, 6) is 0.0725. The number of ether oxygens (including phenoxy) is 2. The number of methoxy groups -OCH3 is 1. The topological polar surface area (TPSA) is 86.2 Å². The molecule has 106 valence electrons. The summed E-state index contributed by atoms with van der Waals surface area (Å²) in [6, 6.07) is 3.33. The average molecular weight is 315 g/mol. The van der Waals surface area contributed by atoms with Gasteiger partial charge in [0.2, 0.25) is 15.4 Å². The molecule has 0 aliphatic carbocycles. The van der Waals surface area contributed by atoms with Crippen LogP contribution in [0.2, 0.25) is 4.47 Å². The van der Waals surface area contributed by atoms with Gasteiger partial charge in [-0.05, 0) is 17.7 Å². The Labute approximate surface area is 123 Å². The van der Waals surface area contributed by atoms with Gasteiger partial charge in [0.1, 0.15) is 6.61 Å². The minimum atomic E-state index is -0.385. The Hall–Kier alpha value is -1.77. The zero-order valence-corrected chi connectivity index (χ0v) is 12.1. The van der Waals surface area contributed by atoms with Crippen LogP contribution in [-0.4, -0.2) is 41.4 Å². The summed E-state index contributed by atoms with van der Waals surface area (Å²) in [6.45, 7) is 0.899. The number of pyridine rings is 1. The summed E-state index contributed by atoms with van der Waals surface area (Å²) >= 11 is 6.62. The van der Waals surface area contributed by atoms with Gasteiger partial charge >= 0.3 is 0 Å². The fourth-order valence-corrected chi connectivity index (χ4v) is 1.97. The van der Waals surface area contributed by atoms with E-state index in [2.05, 4.69) is 20.5 Å². The average Bonchev–Trinajstić information content (AvgIpc) is 2.88. The van der Waals surface area contributed by atoms with Gasteiger partial charge in [-0.3, -0.25) is 4.79 Å². The van der Waals surface area contributed by atoms with Crippen LogP contribution in [-0.2, 0) is 4.74 Å². The maximum atomic E-state index is 11.8. The van der Waals surface area contributed by atoms with E-state index in [4.69, 9.17) is 21.1 Å². The van der Waals surface area contributed by atoms with Crippen molar-refractivity contribution >= 4 is 34.5 Å². The van der Waals surface area contributed by atoms with Crippen molar-refractivity contribution in [2.75, 3.05) is 25.6 Å². The summed E-state index contributed by atoms with van der Waals surface area (Å²) < 4.78 is 10.4. The fourth-order valence-electron chi connectivity index (χ4n) is 1.25. The van der Waals surface area contributed by atoms with E-state index in [-0.39, 0.29) is 15.4 Å². The van der Waals surface area contributed by atoms with E-state index >= 15 is 0 Å². The normalized spacial score (nSPS) is 10.3. The number of carbonyl (C=O) groups is 1. The Bertz CT molecular complexity index is 575. The molecule has 0 bridgehead atoms. The molecule has 2 heterocycles. The van der Waals surface area contributed by atoms with Crippen molar-refractivity contribution in [2.45, 2.75) is 0 Å². The Morgan fingerprint density at radius 3 is 2.85 bits per heavy atom. The molecule has 0 spiro atoms. The van der Waals surface area contributed by atoms with E-state index < -0.39 is 0 Å². The Morgan fingerprint density at radius 1 is 1.40 bits per heavy atom. The van der Waals surface area contributed by atoms with Gasteiger partial charge in [-0.1, -0.05) is 11.3 Å². The van der Waals surface area contributed by atoms with Crippen LogP contribution < -0.4 is 10.1 Å². The van der Waals surface area contributed by atoms with Gasteiger partial charge in [-0.15, -0.1) is 10.2 Å². The van der Waals surface area contributed by atoms with E-state index in [1.54, 1.807) is 19.2 Å². The molecule has 0 unspecified atom stereocenters. The first-order valence-electron chi connectivity index (χ1n) is 5.57. The lowest BCUT2D eigenvalue weighted by Crippen LogP contribution is -2.12. The highest BCUT2D eigenvalue weighted by Gasteiger charge is 2.12. The molecule has 0 fully saturated rings. The highest BCUT2D eigenvalue weighted by Crippen LogP contribution is 2.17. The lowest BCUT2D eigenvalue weighted by molar-refractivity contribution is 0.102. The molecule has 0 atom stereocenters. The number of aromatic nitrogens is 3. The molecule has 0 aromatic carbocycles. The Balaban J connectivity index is 1.91. The number of amides is 1. The van der Waals surface area contributed by atoms with Gasteiger partial charge in [0.15, 0.2) is 0 Å². The van der Waals surface area contributed by atoms with Crippen molar-refractivity contribution in [3.05, 3.63) is 27.8 Å². The zero-order valence-electron chi connectivity index (χ0n) is 10.5. The lowest BCUT2D eigenvalue weighted by Gasteiger charge is -2.06. The van der Waals surface area contributed by atoms with Crippen molar-refractivity contribution in [1.82, 2.24) is 15.2 Å². The second-order valence-electron chi connectivity index (χ2n) is 3.54. The molecule has 0 saturated heterocycles. The molecule has 1 N–H and O–H groups in total. The second kappa shape index (κ2) is 7.13. The van der Waals surface area contributed by atoms with Crippen LogP contribution in [0.25, 0.3) is 0 Å². The number of anilines is 1. The maximum absolute atomic E-state index is 11.8. The zero-order chi connectivity index (χ0) is 14.4. The van der Waals surface area contributed by atoms with Gasteiger partial charge in [0.05, 0.1) is 18.5 Å². The van der Waals surface area contributed by atoms with Crippen molar-refractivity contribution in [1.29, 1.82) is 0 Å². The first-order valence-corrected chi connectivity index (χ1v) is 6.76. The summed E-state index contributed by atoms with van der Waals surface area (Å²) in [5.41, 5.74) is 0.528. The van der Waals surface area contributed by atoms with Crippen molar-refractivity contribution in [2.24, 2.45) is 0 Å². The standard InChI is InChI=1S/C11H11ClN4O3S/c1-18-4-5-19-8-3-2-7(6-13-8)14-9(17)10-15-16-11(12)20-10/h2-3,6H,4-5H2,1H3,(H,14,17). The summed E-state index contributed by atoms with van der Waals surface area (Å²) in [7, 11) is 1.59. The van der Waals surface area contributed by atoms with E-state index in [0.717, 1.165) is 11.3 Å². The third kappa shape index (κ3) is 4.12. The molecular weight excluding hydrogens is 304 g/mol. The SMILES string of the molecule is COCCOc1ccc(NC(=O)c2nnc(Cl)s2)cn1. The monoisotopic (exact) mass is 314 g/mol. The maximum Gasteiger partial charge on any atom is 0.286 e. The van der Waals surface area contributed by atoms with Crippen molar-refractivity contribution in [3.63, 3.8) is 0 Å². The van der Waals surface area contributed by atoms with Crippen LogP contribution in [0.1, 0.15) is 9.80 Å². The Kier molecular flexibility index (Phi) is 5.22. The summed E-state index contributed by atoms with van der Waals surface area (Å²) in [4.78, 5) is 15.8. The Morgan fingerprint density at radius 2 is 2.25 bits per heavy atom. The number of nitrogens with one attached hydrogen (secondary N) is 1. The molecule has 20 heavy (non-hydrogen) atoms. The van der Waals surface area contributed by atoms with Crippen LogP contribution in [0.3, 0.4) is 0 Å². The molecule has 2 aromatic heterocycles. The molecule has 0 aliphatic rings. The number of halogens is 1. The number of hydrogen-bond acceptors (Lipinski definition) is 7. The summed E-state index contributed by atoms with van der Waals surface area (Å²) in [6.07, 6.45) is 1.49. The minimum absolute atomic E-state index is 0.190. The summed E-state index contributed by atoms with van der Waals surface area (Å²) in [5, 5.41) is 10.0. The van der Waals surface area contributed by atoms with E-state index in [0.29, 0.717) is 24.8 Å². The van der Waals surface area contributed by atoms with Gasteiger partial charge < -0.3 is 14.8 Å². The lowest BCUT2D eigenvalue weighted by atomic mass is 10.4. The molecule has 9 heteroatoms. The highest BCUT2D eigenvalue weighted by atomic mass is 35.5. The molecule has 2 aromatic rings. The molecular formula is C11H11ClN4O3S. The van der Waals surface area contributed by atoms with Gasteiger partial charge in [0, 0.05) is 13.2 Å². The van der Waals surface area contributed by atoms with Crippen LogP contribution in [0.15, 0.2) is 18.3 Å². The second-order valence-corrected chi connectivity index (χ2v) is 5.10. The van der Waals surface area contributed by atoms with Gasteiger partial charge in [-0.2, -0.15) is 0 Å². The third-order valence-electron chi connectivity index (χ3n) is 2.13. The molecule has 7 nitrogen and oxygen atoms in total. The predicted octanol–water partition coefficient (Wildman–Crippen LogP) is 1.86. The van der Waals surface area contributed by atoms with E-state index in [9.17, 15) is 4.79 Å². The molecule has 0 saturated carbocycles. The third-order valence-corrected chi connectivity index (χ3v) is 3.14. The first kappa shape index (κ1) is 14.6. The van der Waals surface area contributed by atoms with Crippen LogP contribution in [0.5, 0.6) is 5.88 Å². The number of carbonyl (C=O) groups excluding carboxylic acids is 1. The van der Waals surface area contributed by atoms with Crippen LogP contribution in [0, 0.1) is 0 Å². The largest absolute Gasteiger partial charge is 0.475 e. The van der Waals surface area contributed by atoms with Gasteiger partial charge in [-0.25, -0.2) is 4.98 Å². The van der Waals surface area contributed by atoms with Crippen LogP contribution in [0.4, 0.5) is 5.69 Å². The fraction of sp³-hybridized carbons (Fsp3) is 0.273.